The molecule has 2 fully saturated rings. The van der Waals surface area contributed by atoms with Crippen LogP contribution in [0.2, 0.25) is 0 Å². The van der Waals surface area contributed by atoms with Gasteiger partial charge in [0, 0.05) is 38.9 Å². The maximum atomic E-state index is 4.43. The molecule has 0 aromatic carbocycles. The molecule has 0 amide bonds. The van der Waals surface area contributed by atoms with Crippen LogP contribution < -0.4 is 10.2 Å². The van der Waals surface area contributed by atoms with Crippen molar-refractivity contribution in [3.8, 4) is 0 Å². The number of hydrogen-bond donors (Lipinski definition) is 1. The molecule has 1 aromatic rings. The molecule has 0 aliphatic carbocycles. The Balaban J connectivity index is 1.49. The van der Waals surface area contributed by atoms with Crippen LogP contribution in [0.25, 0.3) is 0 Å². The minimum absolute atomic E-state index is 0.867. The van der Waals surface area contributed by atoms with E-state index in [-0.39, 0.29) is 0 Å². The summed E-state index contributed by atoms with van der Waals surface area (Å²) >= 11 is 0. The predicted octanol–water partition coefficient (Wildman–Crippen LogP) is 0.813. The molecule has 2 aliphatic rings. The van der Waals surface area contributed by atoms with Gasteiger partial charge in [0.05, 0.1) is 0 Å². The van der Waals surface area contributed by atoms with Gasteiger partial charge < -0.3 is 10.2 Å². The van der Waals surface area contributed by atoms with Crippen molar-refractivity contribution in [3.05, 3.63) is 24.4 Å². The molecule has 1 N–H and O–H groups in total. The minimum atomic E-state index is 0.867. The highest BCUT2D eigenvalue weighted by Crippen LogP contribution is 2.15. The number of nitrogens with zero attached hydrogens (tertiary/aromatic N) is 3. The minimum Gasteiger partial charge on any atom is -0.354 e. The van der Waals surface area contributed by atoms with E-state index in [1.807, 2.05) is 12.3 Å². The van der Waals surface area contributed by atoms with Crippen molar-refractivity contribution < 1.29 is 0 Å². The lowest BCUT2D eigenvalue weighted by atomic mass is 10.1. The summed E-state index contributed by atoms with van der Waals surface area (Å²) in [7, 11) is 0. The maximum absolute atomic E-state index is 4.43. The first-order chi connectivity index (χ1) is 8.92. The Morgan fingerprint density at radius 3 is 2.78 bits per heavy atom. The van der Waals surface area contributed by atoms with Crippen molar-refractivity contribution in [2.75, 3.05) is 50.7 Å². The van der Waals surface area contributed by atoms with Gasteiger partial charge in [0.1, 0.15) is 5.82 Å². The first-order valence-corrected chi connectivity index (χ1v) is 7.01. The monoisotopic (exact) mass is 246 g/mol. The maximum Gasteiger partial charge on any atom is 0.128 e. The number of rotatable bonds is 3. The molecule has 18 heavy (non-hydrogen) atoms. The molecule has 98 valence electrons. The van der Waals surface area contributed by atoms with E-state index in [1.54, 1.807) is 0 Å². The summed E-state index contributed by atoms with van der Waals surface area (Å²) in [6.45, 7) is 8.25. The average Bonchev–Trinajstić information content (AvgIpc) is 2.94. The Morgan fingerprint density at radius 1 is 1.22 bits per heavy atom. The molecular formula is C14H22N4. The van der Waals surface area contributed by atoms with Crippen LogP contribution in [-0.2, 0) is 0 Å². The molecule has 0 spiro atoms. The summed E-state index contributed by atoms with van der Waals surface area (Å²) in [5, 5.41) is 3.45. The lowest BCUT2D eigenvalue weighted by Gasteiger charge is -2.36. The van der Waals surface area contributed by atoms with Crippen LogP contribution in [0.1, 0.15) is 6.42 Å². The van der Waals surface area contributed by atoms with Gasteiger partial charge in [-0.1, -0.05) is 6.07 Å². The van der Waals surface area contributed by atoms with Gasteiger partial charge in [0.2, 0.25) is 0 Å². The smallest absolute Gasteiger partial charge is 0.128 e. The second-order valence-electron chi connectivity index (χ2n) is 5.33. The molecule has 0 bridgehead atoms. The van der Waals surface area contributed by atoms with E-state index in [1.165, 1.54) is 39.1 Å². The summed E-state index contributed by atoms with van der Waals surface area (Å²) in [5.41, 5.74) is 0. The van der Waals surface area contributed by atoms with E-state index >= 15 is 0 Å². The van der Waals surface area contributed by atoms with Gasteiger partial charge in [-0.25, -0.2) is 4.98 Å². The fraction of sp³-hybridized carbons (Fsp3) is 0.643. The largest absolute Gasteiger partial charge is 0.354 e. The molecular weight excluding hydrogens is 224 g/mol. The zero-order valence-corrected chi connectivity index (χ0v) is 10.9. The number of aromatic nitrogens is 1. The first-order valence-electron chi connectivity index (χ1n) is 7.01. The topological polar surface area (TPSA) is 31.4 Å². The van der Waals surface area contributed by atoms with Gasteiger partial charge in [-0.05, 0) is 37.6 Å². The molecule has 2 aliphatic heterocycles. The number of piperazine rings is 1. The zero-order chi connectivity index (χ0) is 12.2. The van der Waals surface area contributed by atoms with Crippen LogP contribution in [0.5, 0.6) is 0 Å². The van der Waals surface area contributed by atoms with Crippen molar-refractivity contribution in [1.82, 2.24) is 15.2 Å². The Hall–Kier alpha value is -1.13. The standard InChI is InChI=1S/C14H22N4/c1-2-5-16-14(3-1)18-9-7-17(8-10-18)12-13-4-6-15-11-13/h1-3,5,13,15H,4,6-12H2. The summed E-state index contributed by atoms with van der Waals surface area (Å²) in [6.07, 6.45) is 3.23. The van der Waals surface area contributed by atoms with Crippen LogP contribution in [-0.4, -0.2) is 55.7 Å². The lowest BCUT2D eigenvalue weighted by Crippen LogP contribution is -2.48. The van der Waals surface area contributed by atoms with Crippen molar-refractivity contribution in [3.63, 3.8) is 0 Å². The first kappa shape index (κ1) is 11.9. The number of anilines is 1. The third-order valence-electron chi connectivity index (χ3n) is 4.02. The zero-order valence-electron chi connectivity index (χ0n) is 10.9. The second-order valence-corrected chi connectivity index (χ2v) is 5.33. The highest BCUT2D eigenvalue weighted by atomic mass is 15.3. The van der Waals surface area contributed by atoms with Gasteiger partial charge in [0.25, 0.3) is 0 Å². The van der Waals surface area contributed by atoms with E-state index in [2.05, 4.69) is 32.2 Å². The van der Waals surface area contributed by atoms with Crippen LogP contribution in [0.15, 0.2) is 24.4 Å². The quantitative estimate of drug-likeness (QED) is 0.855. The lowest BCUT2D eigenvalue weighted by molar-refractivity contribution is 0.224. The molecule has 3 heterocycles. The average molecular weight is 246 g/mol. The van der Waals surface area contributed by atoms with Gasteiger partial charge in [-0.2, -0.15) is 0 Å². The van der Waals surface area contributed by atoms with E-state index < -0.39 is 0 Å². The number of nitrogens with one attached hydrogen (secondary N) is 1. The second kappa shape index (κ2) is 5.67. The van der Waals surface area contributed by atoms with Crippen LogP contribution in [0, 0.1) is 5.92 Å². The Bertz CT molecular complexity index is 353. The molecule has 4 heteroatoms. The fourth-order valence-corrected chi connectivity index (χ4v) is 2.94. The Labute approximate surface area is 109 Å². The normalized spacial score (nSPS) is 25.6. The molecule has 0 saturated carbocycles. The van der Waals surface area contributed by atoms with Gasteiger partial charge in [-0.3, -0.25) is 4.90 Å². The summed E-state index contributed by atoms with van der Waals surface area (Å²) in [6, 6.07) is 6.16. The number of pyridine rings is 1. The van der Waals surface area contributed by atoms with Crippen molar-refractivity contribution in [2.24, 2.45) is 5.92 Å². The van der Waals surface area contributed by atoms with E-state index in [9.17, 15) is 0 Å². The molecule has 2 saturated heterocycles. The van der Waals surface area contributed by atoms with Crippen LogP contribution in [0.4, 0.5) is 5.82 Å². The van der Waals surface area contributed by atoms with Crippen molar-refractivity contribution in [1.29, 1.82) is 0 Å². The number of hydrogen-bond acceptors (Lipinski definition) is 4. The Kier molecular flexibility index (Phi) is 3.76. The van der Waals surface area contributed by atoms with Crippen LogP contribution >= 0.6 is 0 Å². The SMILES string of the molecule is c1ccc(N2CCN(CC3CCNC3)CC2)nc1. The van der Waals surface area contributed by atoms with Crippen LogP contribution in [0.3, 0.4) is 0 Å². The highest BCUT2D eigenvalue weighted by molar-refractivity contribution is 5.38. The van der Waals surface area contributed by atoms with Crippen molar-refractivity contribution in [2.45, 2.75) is 6.42 Å². The molecule has 4 nitrogen and oxygen atoms in total. The molecule has 1 unspecified atom stereocenters. The van der Waals surface area contributed by atoms with Gasteiger partial charge >= 0.3 is 0 Å². The highest BCUT2D eigenvalue weighted by Gasteiger charge is 2.22. The van der Waals surface area contributed by atoms with Gasteiger partial charge in [0.15, 0.2) is 0 Å². The fourth-order valence-electron chi connectivity index (χ4n) is 2.94. The molecule has 1 aromatic heterocycles. The molecule has 0 radical (unpaired) electrons. The van der Waals surface area contributed by atoms with E-state index in [0.717, 1.165) is 24.8 Å². The predicted molar refractivity (Wildman–Crippen MR) is 73.9 cm³/mol. The van der Waals surface area contributed by atoms with E-state index in [4.69, 9.17) is 0 Å². The summed E-state index contributed by atoms with van der Waals surface area (Å²) < 4.78 is 0. The summed E-state index contributed by atoms with van der Waals surface area (Å²) in [4.78, 5) is 9.43. The molecule has 3 rings (SSSR count). The van der Waals surface area contributed by atoms with Crippen molar-refractivity contribution >= 4 is 5.82 Å². The summed E-state index contributed by atoms with van der Waals surface area (Å²) in [5.74, 6) is 1.99. The molecule has 1 atom stereocenters. The third kappa shape index (κ3) is 2.82. The Morgan fingerprint density at radius 2 is 2.11 bits per heavy atom. The van der Waals surface area contributed by atoms with E-state index in [0.29, 0.717) is 0 Å². The third-order valence-corrected chi connectivity index (χ3v) is 4.02. The van der Waals surface area contributed by atoms with Gasteiger partial charge in [-0.15, -0.1) is 0 Å².